The number of hydrogen-bond donors (Lipinski definition) is 1. The second-order valence-corrected chi connectivity index (χ2v) is 6.61. The van der Waals surface area contributed by atoms with Crippen molar-refractivity contribution in [2.45, 2.75) is 12.8 Å². The van der Waals surface area contributed by atoms with Crippen molar-refractivity contribution in [3.8, 4) is 5.75 Å². The summed E-state index contributed by atoms with van der Waals surface area (Å²) in [6.45, 7) is 3.11. The maximum atomic E-state index is 13.9. The summed E-state index contributed by atoms with van der Waals surface area (Å²) in [5.74, 6) is 0.635. The van der Waals surface area contributed by atoms with Gasteiger partial charge in [-0.3, -0.25) is 0 Å². The molecule has 1 saturated heterocycles. The minimum Gasteiger partial charge on any atom is -0.497 e. The van der Waals surface area contributed by atoms with Gasteiger partial charge < -0.3 is 19.9 Å². The van der Waals surface area contributed by atoms with Crippen molar-refractivity contribution >= 4 is 11.7 Å². The molecule has 0 saturated carbocycles. The molecule has 0 unspecified atom stereocenters. The van der Waals surface area contributed by atoms with Crippen LogP contribution < -0.4 is 15.0 Å². The van der Waals surface area contributed by atoms with Crippen molar-refractivity contribution in [1.29, 1.82) is 0 Å². The topological polar surface area (TPSA) is 44.8 Å². The molecule has 27 heavy (non-hydrogen) atoms. The number of carbonyl (C=O) groups excluding carboxylic acids is 1. The maximum Gasteiger partial charge on any atom is 0.317 e. The lowest BCUT2D eigenvalue weighted by atomic mass is 10.1. The van der Waals surface area contributed by atoms with Gasteiger partial charge in [-0.25, -0.2) is 9.18 Å². The number of urea groups is 1. The van der Waals surface area contributed by atoms with E-state index in [4.69, 9.17) is 4.74 Å². The lowest BCUT2D eigenvalue weighted by molar-refractivity contribution is 0.194. The van der Waals surface area contributed by atoms with Gasteiger partial charge in [0.05, 0.1) is 12.8 Å². The first-order chi connectivity index (χ1) is 13.2. The molecule has 2 aromatic carbocycles. The van der Waals surface area contributed by atoms with Crippen molar-refractivity contribution in [3.05, 3.63) is 59.9 Å². The second kappa shape index (κ2) is 9.26. The summed E-state index contributed by atoms with van der Waals surface area (Å²) in [6.07, 6.45) is 1.79. The fourth-order valence-electron chi connectivity index (χ4n) is 3.25. The fraction of sp³-hybridized carbons (Fsp3) is 0.381. The molecule has 0 atom stereocenters. The molecule has 2 aromatic rings. The van der Waals surface area contributed by atoms with Gasteiger partial charge in [-0.2, -0.15) is 0 Å². The molecule has 1 aliphatic rings. The number of hydrogen-bond acceptors (Lipinski definition) is 3. The van der Waals surface area contributed by atoms with Crippen LogP contribution in [0.15, 0.2) is 48.5 Å². The monoisotopic (exact) mass is 371 g/mol. The molecule has 1 N–H and O–H groups in total. The van der Waals surface area contributed by atoms with Crippen LogP contribution in [0.2, 0.25) is 0 Å². The van der Waals surface area contributed by atoms with Gasteiger partial charge in [-0.05, 0) is 42.7 Å². The summed E-state index contributed by atoms with van der Waals surface area (Å²) >= 11 is 0. The SMILES string of the molecule is COc1ccc(CCCNC(=O)N2CCN(c3ccccc3F)CC2)cc1. The molecule has 3 rings (SSSR count). The van der Waals surface area contributed by atoms with Crippen LogP contribution in [0.3, 0.4) is 0 Å². The number of carbonyl (C=O) groups is 1. The van der Waals surface area contributed by atoms with Crippen LogP contribution in [0, 0.1) is 5.82 Å². The molecule has 0 aromatic heterocycles. The third kappa shape index (κ3) is 5.12. The first-order valence-electron chi connectivity index (χ1n) is 9.32. The standard InChI is InChI=1S/C21H26FN3O2/c1-27-18-10-8-17(9-11-18)5-4-12-23-21(26)25-15-13-24(14-16-25)20-7-3-2-6-19(20)22/h2-3,6-11H,4-5,12-16H2,1H3,(H,23,26). The van der Waals surface area contributed by atoms with Crippen LogP contribution in [0.1, 0.15) is 12.0 Å². The van der Waals surface area contributed by atoms with Crippen LogP contribution in [-0.4, -0.2) is 50.8 Å². The summed E-state index contributed by atoms with van der Waals surface area (Å²) < 4.78 is 19.0. The van der Waals surface area contributed by atoms with Gasteiger partial charge in [0.15, 0.2) is 0 Å². The number of rotatable bonds is 6. The number of aryl methyl sites for hydroxylation is 1. The number of para-hydroxylation sites is 1. The lowest BCUT2D eigenvalue weighted by Crippen LogP contribution is -2.52. The fourth-order valence-corrected chi connectivity index (χ4v) is 3.25. The number of ether oxygens (including phenoxy) is 1. The van der Waals surface area contributed by atoms with Gasteiger partial charge in [-0.15, -0.1) is 0 Å². The molecule has 1 fully saturated rings. The number of methoxy groups -OCH3 is 1. The predicted octanol–water partition coefficient (Wildman–Crippen LogP) is 3.30. The zero-order valence-corrected chi connectivity index (χ0v) is 15.7. The molecule has 5 nitrogen and oxygen atoms in total. The molecule has 1 aliphatic heterocycles. The minimum atomic E-state index is -0.214. The zero-order chi connectivity index (χ0) is 19.1. The molecule has 0 aliphatic carbocycles. The van der Waals surface area contributed by atoms with Crippen molar-refractivity contribution in [2.24, 2.45) is 0 Å². The Morgan fingerprint density at radius 2 is 1.78 bits per heavy atom. The smallest absolute Gasteiger partial charge is 0.317 e. The third-order valence-corrected chi connectivity index (χ3v) is 4.84. The van der Waals surface area contributed by atoms with E-state index < -0.39 is 0 Å². The van der Waals surface area contributed by atoms with Gasteiger partial charge in [0.2, 0.25) is 0 Å². The third-order valence-electron chi connectivity index (χ3n) is 4.84. The average Bonchev–Trinajstić information content (AvgIpc) is 2.72. The Bertz CT molecular complexity index is 743. The van der Waals surface area contributed by atoms with Gasteiger partial charge >= 0.3 is 6.03 Å². The maximum absolute atomic E-state index is 13.9. The van der Waals surface area contributed by atoms with Crippen LogP contribution in [-0.2, 0) is 6.42 Å². The minimum absolute atomic E-state index is 0.0436. The van der Waals surface area contributed by atoms with Crippen LogP contribution >= 0.6 is 0 Å². The number of anilines is 1. The zero-order valence-electron chi connectivity index (χ0n) is 15.7. The summed E-state index contributed by atoms with van der Waals surface area (Å²) in [5, 5.41) is 2.98. The first-order valence-corrected chi connectivity index (χ1v) is 9.32. The predicted molar refractivity (Wildman–Crippen MR) is 105 cm³/mol. The Balaban J connectivity index is 1.37. The van der Waals surface area contributed by atoms with Gasteiger partial charge in [-0.1, -0.05) is 24.3 Å². The van der Waals surface area contributed by atoms with E-state index in [0.717, 1.165) is 18.6 Å². The number of nitrogens with zero attached hydrogens (tertiary/aromatic N) is 2. The average molecular weight is 371 g/mol. The molecule has 144 valence electrons. The van der Waals surface area contributed by atoms with Crippen molar-refractivity contribution in [1.82, 2.24) is 10.2 Å². The molecule has 0 spiro atoms. The summed E-state index contributed by atoms with van der Waals surface area (Å²) in [4.78, 5) is 16.1. The molecule has 6 heteroatoms. The van der Waals surface area contributed by atoms with E-state index in [1.807, 2.05) is 35.2 Å². The Morgan fingerprint density at radius 1 is 1.07 bits per heavy atom. The van der Waals surface area contributed by atoms with E-state index in [1.54, 1.807) is 24.1 Å². The Hall–Kier alpha value is -2.76. The highest BCUT2D eigenvalue weighted by atomic mass is 19.1. The summed E-state index contributed by atoms with van der Waals surface area (Å²) in [5.41, 5.74) is 1.83. The highest BCUT2D eigenvalue weighted by Gasteiger charge is 2.22. The molecule has 2 amide bonds. The molecule has 1 heterocycles. The highest BCUT2D eigenvalue weighted by molar-refractivity contribution is 5.74. The number of nitrogens with one attached hydrogen (secondary N) is 1. The first kappa shape index (κ1) is 19.0. The normalized spacial score (nSPS) is 14.1. The van der Waals surface area contributed by atoms with Gasteiger partial charge in [0, 0.05) is 32.7 Å². The lowest BCUT2D eigenvalue weighted by Gasteiger charge is -2.36. The van der Waals surface area contributed by atoms with E-state index in [1.165, 1.54) is 11.6 Å². The van der Waals surface area contributed by atoms with Gasteiger partial charge in [0.25, 0.3) is 0 Å². The largest absolute Gasteiger partial charge is 0.497 e. The Labute approximate surface area is 159 Å². The number of amides is 2. The second-order valence-electron chi connectivity index (χ2n) is 6.61. The Kier molecular flexibility index (Phi) is 6.52. The van der Waals surface area contributed by atoms with E-state index in [-0.39, 0.29) is 11.8 Å². The van der Waals surface area contributed by atoms with Gasteiger partial charge in [0.1, 0.15) is 11.6 Å². The Morgan fingerprint density at radius 3 is 2.44 bits per heavy atom. The quantitative estimate of drug-likeness (QED) is 0.793. The molecular weight excluding hydrogens is 345 g/mol. The van der Waals surface area contributed by atoms with Crippen LogP contribution in [0.25, 0.3) is 0 Å². The van der Waals surface area contributed by atoms with Crippen molar-refractivity contribution in [2.75, 3.05) is 44.7 Å². The number of halogens is 1. The summed E-state index contributed by atoms with van der Waals surface area (Å²) in [7, 11) is 1.65. The number of piperazine rings is 1. The molecule has 0 radical (unpaired) electrons. The van der Waals surface area contributed by atoms with E-state index in [2.05, 4.69) is 5.32 Å². The van der Waals surface area contributed by atoms with E-state index in [9.17, 15) is 9.18 Å². The molecule has 0 bridgehead atoms. The van der Waals surface area contributed by atoms with E-state index >= 15 is 0 Å². The molecular formula is C21H26FN3O2. The summed E-state index contributed by atoms with van der Waals surface area (Å²) in [6, 6.07) is 14.7. The van der Waals surface area contributed by atoms with E-state index in [0.29, 0.717) is 38.4 Å². The van der Waals surface area contributed by atoms with Crippen LogP contribution in [0.4, 0.5) is 14.9 Å². The van der Waals surface area contributed by atoms with Crippen molar-refractivity contribution < 1.29 is 13.9 Å². The highest BCUT2D eigenvalue weighted by Crippen LogP contribution is 2.20. The van der Waals surface area contributed by atoms with Crippen molar-refractivity contribution in [3.63, 3.8) is 0 Å². The van der Waals surface area contributed by atoms with Crippen LogP contribution in [0.5, 0.6) is 5.75 Å². The number of benzene rings is 2.